The molecule has 0 atom stereocenters. The van der Waals surface area contributed by atoms with Gasteiger partial charge in [0.1, 0.15) is 5.82 Å². The molecular weight excluding hydrogens is 288 g/mol. The Balaban J connectivity index is 2.02. The van der Waals surface area contributed by atoms with Crippen molar-refractivity contribution in [2.24, 2.45) is 0 Å². The standard InChI is InChI=1S/C10H13BrN4O2/c11-8-5-7(12)6-13-9(8)14-10(16)15-1-3-17-4-2-15/h5-6H,1-4,12H2,(H,13,14,16). The van der Waals surface area contributed by atoms with Crippen LogP contribution in [0.3, 0.4) is 0 Å². The maximum absolute atomic E-state index is 11.9. The highest BCUT2D eigenvalue weighted by molar-refractivity contribution is 9.10. The highest BCUT2D eigenvalue weighted by Gasteiger charge is 2.17. The fraction of sp³-hybridized carbons (Fsp3) is 0.400. The maximum atomic E-state index is 11.9. The number of anilines is 2. The molecule has 1 aliphatic rings. The van der Waals surface area contributed by atoms with Crippen molar-refractivity contribution in [3.05, 3.63) is 16.7 Å². The molecule has 0 aliphatic carbocycles. The van der Waals surface area contributed by atoms with Crippen LogP contribution in [0.1, 0.15) is 0 Å². The number of nitrogens with two attached hydrogens (primary N) is 1. The monoisotopic (exact) mass is 300 g/mol. The van der Waals surface area contributed by atoms with Crippen LogP contribution in [0.2, 0.25) is 0 Å². The van der Waals surface area contributed by atoms with E-state index in [-0.39, 0.29) is 6.03 Å². The number of pyridine rings is 1. The molecule has 0 radical (unpaired) electrons. The first kappa shape index (κ1) is 12.1. The lowest BCUT2D eigenvalue weighted by atomic mass is 10.4. The first-order valence-electron chi connectivity index (χ1n) is 5.21. The third-order valence-electron chi connectivity index (χ3n) is 2.39. The minimum Gasteiger partial charge on any atom is -0.397 e. The van der Waals surface area contributed by atoms with Crippen molar-refractivity contribution in [2.45, 2.75) is 0 Å². The Morgan fingerprint density at radius 2 is 2.24 bits per heavy atom. The van der Waals surface area contributed by atoms with Gasteiger partial charge in [0.15, 0.2) is 0 Å². The van der Waals surface area contributed by atoms with E-state index in [4.69, 9.17) is 10.5 Å². The minimum absolute atomic E-state index is 0.175. The van der Waals surface area contributed by atoms with Gasteiger partial charge in [-0.25, -0.2) is 9.78 Å². The summed E-state index contributed by atoms with van der Waals surface area (Å²) >= 11 is 3.30. The van der Waals surface area contributed by atoms with Crippen molar-refractivity contribution in [2.75, 3.05) is 37.4 Å². The van der Waals surface area contributed by atoms with Gasteiger partial charge >= 0.3 is 6.03 Å². The quantitative estimate of drug-likeness (QED) is 0.819. The Bertz CT molecular complexity index is 421. The Morgan fingerprint density at radius 3 is 2.88 bits per heavy atom. The van der Waals surface area contributed by atoms with Crippen molar-refractivity contribution < 1.29 is 9.53 Å². The fourth-order valence-corrected chi connectivity index (χ4v) is 1.96. The topological polar surface area (TPSA) is 80.5 Å². The van der Waals surface area contributed by atoms with Crippen molar-refractivity contribution in [3.8, 4) is 0 Å². The summed E-state index contributed by atoms with van der Waals surface area (Å²) in [5, 5.41) is 2.73. The number of halogens is 1. The summed E-state index contributed by atoms with van der Waals surface area (Å²) in [5.41, 5.74) is 6.11. The first-order valence-corrected chi connectivity index (χ1v) is 6.01. The lowest BCUT2D eigenvalue weighted by Crippen LogP contribution is -2.43. The number of nitrogens with one attached hydrogen (secondary N) is 1. The molecule has 1 aromatic heterocycles. The number of carbonyl (C=O) groups excluding carboxylic acids is 1. The van der Waals surface area contributed by atoms with Crippen LogP contribution in [-0.2, 0) is 4.74 Å². The maximum Gasteiger partial charge on any atom is 0.323 e. The second kappa shape index (κ2) is 5.33. The van der Waals surface area contributed by atoms with Crippen LogP contribution in [-0.4, -0.2) is 42.2 Å². The lowest BCUT2D eigenvalue weighted by Gasteiger charge is -2.26. The molecule has 6 nitrogen and oxygen atoms in total. The molecule has 1 saturated heterocycles. The summed E-state index contributed by atoms with van der Waals surface area (Å²) in [4.78, 5) is 17.6. The summed E-state index contributed by atoms with van der Waals surface area (Å²) in [6.45, 7) is 2.34. The number of aromatic nitrogens is 1. The first-order chi connectivity index (χ1) is 8.16. The number of ether oxygens (including phenoxy) is 1. The Hall–Kier alpha value is -1.34. The zero-order valence-corrected chi connectivity index (χ0v) is 10.7. The molecule has 2 amide bonds. The van der Waals surface area contributed by atoms with Crippen molar-refractivity contribution >= 4 is 33.5 Å². The van der Waals surface area contributed by atoms with Gasteiger partial charge in [-0.3, -0.25) is 5.32 Å². The number of nitrogen functional groups attached to an aromatic ring is 1. The zero-order valence-electron chi connectivity index (χ0n) is 9.15. The molecule has 0 aromatic carbocycles. The molecule has 1 fully saturated rings. The summed E-state index contributed by atoms with van der Waals surface area (Å²) in [6, 6.07) is 1.52. The number of rotatable bonds is 1. The highest BCUT2D eigenvalue weighted by atomic mass is 79.9. The summed E-state index contributed by atoms with van der Waals surface area (Å²) in [6.07, 6.45) is 1.50. The van der Waals surface area contributed by atoms with E-state index < -0.39 is 0 Å². The van der Waals surface area contributed by atoms with Gasteiger partial charge in [-0.05, 0) is 22.0 Å². The molecule has 2 rings (SSSR count). The van der Waals surface area contributed by atoms with Crippen LogP contribution in [0.5, 0.6) is 0 Å². The fourth-order valence-electron chi connectivity index (χ4n) is 1.49. The minimum atomic E-state index is -0.175. The van der Waals surface area contributed by atoms with E-state index in [0.717, 1.165) is 0 Å². The van der Waals surface area contributed by atoms with Gasteiger partial charge in [0.25, 0.3) is 0 Å². The van der Waals surface area contributed by atoms with Crippen molar-refractivity contribution in [1.82, 2.24) is 9.88 Å². The van der Waals surface area contributed by atoms with Crippen LogP contribution < -0.4 is 11.1 Å². The van der Waals surface area contributed by atoms with Gasteiger partial charge in [0.2, 0.25) is 0 Å². The molecule has 17 heavy (non-hydrogen) atoms. The van der Waals surface area contributed by atoms with Gasteiger partial charge in [0, 0.05) is 13.1 Å². The van der Waals surface area contributed by atoms with Crippen molar-refractivity contribution in [3.63, 3.8) is 0 Å². The molecular formula is C10H13BrN4O2. The molecule has 2 heterocycles. The number of nitrogens with zero attached hydrogens (tertiary/aromatic N) is 2. The Labute approximate surface area is 107 Å². The average molecular weight is 301 g/mol. The van der Waals surface area contributed by atoms with Crippen LogP contribution >= 0.6 is 15.9 Å². The summed E-state index contributed by atoms with van der Waals surface area (Å²) < 4.78 is 5.84. The van der Waals surface area contributed by atoms with Gasteiger partial charge in [-0.1, -0.05) is 0 Å². The van der Waals surface area contributed by atoms with E-state index in [1.807, 2.05) is 0 Å². The van der Waals surface area contributed by atoms with Crippen LogP contribution in [0.15, 0.2) is 16.7 Å². The SMILES string of the molecule is Nc1cnc(NC(=O)N2CCOCC2)c(Br)c1. The van der Waals surface area contributed by atoms with E-state index in [1.165, 1.54) is 6.20 Å². The predicted molar refractivity (Wildman–Crippen MR) is 67.8 cm³/mol. The van der Waals surface area contributed by atoms with Gasteiger partial charge in [-0.15, -0.1) is 0 Å². The Kier molecular flexibility index (Phi) is 3.80. The number of urea groups is 1. The molecule has 1 aromatic rings. The second-order valence-electron chi connectivity index (χ2n) is 3.63. The number of hydrogen-bond donors (Lipinski definition) is 2. The largest absolute Gasteiger partial charge is 0.397 e. The van der Waals surface area contributed by atoms with Gasteiger partial charge in [0.05, 0.1) is 29.6 Å². The molecule has 3 N–H and O–H groups in total. The van der Waals surface area contributed by atoms with E-state index in [2.05, 4.69) is 26.2 Å². The number of hydrogen-bond acceptors (Lipinski definition) is 4. The highest BCUT2D eigenvalue weighted by Crippen LogP contribution is 2.22. The lowest BCUT2D eigenvalue weighted by molar-refractivity contribution is 0.0564. The van der Waals surface area contributed by atoms with Gasteiger partial charge < -0.3 is 15.4 Å². The smallest absolute Gasteiger partial charge is 0.323 e. The van der Waals surface area contributed by atoms with E-state index in [0.29, 0.717) is 42.3 Å². The normalized spacial score (nSPS) is 15.7. The number of carbonyl (C=O) groups is 1. The molecule has 0 bridgehead atoms. The molecule has 0 saturated carbocycles. The number of amides is 2. The molecule has 7 heteroatoms. The summed E-state index contributed by atoms with van der Waals surface area (Å²) in [7, 11) is 0. The molecule has 92 valence electrons. The Morgan fingerprint density at radius 1 is 1.53 bits per heavy atom. The summed E-state index contributed by atoms with van der Waals surface area (Å²) in [5.74, 6) is 0.468. The molecule has 1 aliphatic heterocycles. The zero-order chi connectivity index (χ0) is 12.3. The van der Waals surface area contributed by atoms with Gasteiger partial charge in [-0.2, -0.15) is 0 Å². The third-order valence-corrected chi connectivity index (χ3v) is 2.99. The van der Waals surface area contributed by atoms with E-state index in [1.54, 1.807) is 11.0 Å². The van der Waals surface area contributed by atoms with Crippen LogP contribution in [0.4, 0.5) is 16.3 Å². The molecule has 0 unspecified atom stereocenters. The van der Waals surface area contributed by atoms with E-state index >= 15 is 0 Å². The second-order valence-corrected chi connectivity index (χ2v) is 4.48. The predicted octanol–water partition coefficient (Wildman–Crippen LogP) is 1.29. The van der Waals surface area contributed by atoms with Crippen LogP contribution in [0, 0.1) is 0 Å². The van der Waals surface area contributed by atoms with E-state index in [9.17, 15) is 4.79 Å². The van der Waals surface area contributed by atoms with Crippen molar-refractivity contribution in [1.29, 1.82) is 0 Å². The number of morpholine rings is 1. The molecule has 0 spiro atoms. The third kappa shape index (κ3) is 3.07. The van der Waals surface area contributed by atoms with Crippen LogP contribution in [0.25, 0.3) is 0 Å². The average Bonchev–Trinajstić information content (AvgIpc) is 2.34.